The van der Waals surface area contributed by atoms with Crippen LogP contribution < -0.4 is 5.32 Å². The van der Waals surface area contributed by atoms with Crippen molar-refractivity contribution in [3.63, 3.8) is 0 Å². The van der Waals surface area contributed by atoms with Crippen molar-refractivity contribution in [1.29, 1.82) is 0 Å². The highest BCUT2D eigenvalue weighted by Gasteiger charge is 2.36. The van der Waals surface area contributed by atoms with Gasteiger partial charge < -0.3 is 10.2 Å². The van der Waals surface area contributed by atoms with Crippen LogP contribution in [0.2, 0.25) is 5.02 Å². The Morgan fingerprint density at radius 3 is 2.53 bits per heavy atom. The van der Waals surface area contributed by atoms with E-state index in [0.717, 1.165) is 5.56 Å². The smallest absolute Gasteiger partial charge is 0.318 e. The summed E-state index contributed by atoms with van der Waals surface area (Å²) in [6, 6.07) is 7.59. The molecule has 2 amide bonds. The minimum Gasteiger partial charge on any atom is -0.329 e. The van der Waals surface area contributed by atoms with E-state index >= 15 is 0 Å². The third-order valence-electron chi connectivity index (χ3n) is 3.00. The van der Waals surface area contributed by atoms with Crippen molar-refractivity contribution in [1.82, 2.24) is 10.2 Å². The highest BCUT2D eigenvalue weighted by atomic mass is 35.5. The van der Waals surface area contributed by atoms with E-state index in [1.54, 1.807) is 0 Å². The molecule has 1 fully saturated rings. The molecule has 0 radical (unpaired) electrons. The molecule has 92 valence electrons. The van der Waals surface area contributed by atoms with Crippen molar-refractivity contribution in [2.45, 2.75) is 32.4 Å². The van der Waals surface area contributed by atoms with Crippen molar-refractivity contribution < 1.29 is 4.79 Å². The zero-order valence-electron chi connectivity index (χ0n) is 10.3. The van der Waals surface area contributed by atoms with E-state index in [1.165, 1.54) is 0 Å². The number of nitrogens with zero attached hydrogens (tertiary/aromatic N) is 1. The van der Waals surface area contributed by atoms with Gasteiger partial charge in [-0.2, -0.15) is 0 Å². The van der Waals surface area contributed by atoms with E-state index in [9.17, 15) is 4.79 Å². The zero-order chi connectivity index (χ0) is 12.6. The van der Waals surface area contributed by atoms with Gasteiger partial charge in [0, 0.05) is 17.1 Å². The molecule has 0 saturated carbocycles. The molecule has 1 N–H and O–H groups in total. The lowest BCUT2D eigenvalue weighted by Crippen LogP contribution is -2.43. The third kappa shape index (κ3) is 2.39. The number of carbonyl (C=O) groups excluding carboxylic acids is 1. The van der Waals surface area contributed by atoms with Gasteiger partial charge in [-0.1, -0.05) is 29.8 Å². The summed E-state index contributed by atoms with van der Waals surface area (Å²) in [5.74, 6) is 0. The molecule has 17 heavy (non-hydrogen) atoms. The minimum absolute atomic E-state index is 0.0181. The van der Waals surface area contributed by atoms with Crippen molar-refractivity contribution >= 4 is 17.6 Å². The van der Waals surface area contributed by atoms with Gasteiger partial charge in [0.25, 0.3) is 0 Å². The molecule has 2 rings (SSSR count). The predicted octanol–water partition coefficient (Wildman–Crippen LogP) is 3.20. The number of hydrogen-bond donors (Lipinski definition) is 1. The van der Waals surface area contributed by atoms with E-state index in [-0.39, 0.29) is 17.6 Å². The monoisotopic (exact) mass is 252 g/mol. The van der Waals surface area contributed by atoms with E-state index < -0.39 is 0 Å². The molecular weight excluding hydrogens is 236 g/mol. The van der Waals surface area contributed by atoms with Crippen LogP contribution in [-0.4, -0.2) is 23.0 Å². The van der Waals surface area contributed by atoms with Crippen LogP contribution >= 0.6 is 11.6 Å². The second-order valence-corrected chi connectivity index (χ2v) is 5.71. The first-order chi connectivity index (χ1) is 7.89. The van der Waals surface area contributed by atoms with Gasteiger partial charge in [-0.25, -0.2) is 4.79 Å². The van der Waals surface area contributed by atoms with E-state index in [0.29, 0.717) is 11.6 Å². The molecular formula is C13H17ClN2O. The van der Waals surface area contributed by atoms with Crippen LogP contribution in [0.15, 0.2) is 24.3 Å². The van der Waals surface area contributed by atoms with Gasteiger partial charge in [0.15, 0.2) is 0 Å². The fraction of sp³-hybridized carbons (Fsp3) is 0.462. The molecule has 1 aromatic carbocycles. The van der Waals surface area contributed by atoms with Crippen molar-refractivity contribution in [3.8, 4) is 0 Å². The van der Waals surface area contributed by atoms with Crippen molar-refractivity contribution in [2.24, 2.45) is 0 Å². The number of amides is 2. The number of hydrogen-bond acceptors (Lipinski definition) is 1. The summed E-state index contributed by atoms with van der Waals surface area (Å²) in [6.07, 6.45) is 0. The standard InChI is InChI=1S/C13H17ClN2O/c1-13(2,3)16-8-11(15-12(16)17)9-6-4-5-7-10(9)14/h4-7,11H,8H2,1-3H3,(H,15,17). The maximum absolute atomic E-state index is 11.9. The van der Waals surface area contributed by atoms with E-state index in [4.69, 9.17) is 11.6 Å². The lowest BCUT2D eigenvalue weighted by molar-refractivity contribution is 0.169. The molecule has 1 aliphatic rings. The van der Waals surface area contributed by atoms with Crippen molar-refractivity contribution in [2.75, 3.05) is 6.54 Å². The Labute approximate surface area is 107 Å². The third-order valence-corrected chi connectivity index (χ3v) is 3.34. The molecule has 1 unspecified atom stereocenters. The Balaban J connectivity index is 2.23. The SMILES string of the molecule is CC(C)(C)N1CC(c2ccccc2Cl)NC1=O. The summed E-state index contributed by atoms with van der Waals surface area (Å²) in [7, 11) is 0. The first kappa shape index (κ1) is 12.2. The van der Waals surface area contributed by atoms with Crippen LogP contribution in [0, 0.1) is 0 Å². The quantitative estimate of drug-likeness (QED) is 0.818. The first-order valence-electron chi connectivity index (χ1n) is 5.72. The normalized spacial score (nSPS) is 20.6. The van der Waals surface area contributed by atoms with Gasteiger partial charge in [0.1, 0.15) is 0 Å². The lowest BCUT2D eigenvalue weighted by atomic mass is 10.0. The molecule has 0 aromatic heterocycles. The lowest BCUT2D eigenvalue weighted by Gasteiger charge is -2.30. The number of urea groups is 1. The fourth-order valence-corrected chi connectivity index (χ4v) is 2.32. The summed E-state index contributed by atoms with van der Waals surface area (Å²) in [6.45, 7) is 6.75. The Hall–Kier alpha value is -1.22. The zero-order valence-corrected chi connectivity index (χ0v) is 11.1. The van der Waals surface area contributed by atoms with Gasteiger partial charge in [-0.3, -0.25) is 0 Å². The topological polar surface area (TPSA) is 32.3 Å². The predicted molar refractivity (Wildman–Crippen MR) is 69.2 cm³/mol. The highest BCUT2D eigenvalue weighted by Crippen LogP contribution is 2.29. The molecule has 0 bridgehead atoms. The van der Waals surface area contributed by atoms with Gasteiger partial charge >= 0.3 is 6.03 Å². The first-order valence-corrected chi connectivity index (χ1v) is 6.10. The maximum Gasteiger partial charge on any atom is 0.318 e. The Morgan fingerprint density at radius 2 is 2.00 bits per heavy atom. The van der Waals surface area contributed by atoms with Crippen LogP contribution in [0.4, 0.5) is 4.79 Å². The number of halogens is 1. The summed E-state index contributed by atoms with van der Waals surface area (Å²) < 4.78 is 0. The summed E-state index contributed by atoms with van der Waals surface area (Å²) in [5, 5.41) is 3.67. The molecule has 4 heteroatoms. The second-order valence-electron chi connectivity index (χ2n) is 5.31. The van der Waals surface area contributed by atoms with E-state index in [1.807, 2.05) is 49.9 Å². The fourth-order valence-electron chi connectivity index (χ4n) is 2.05. The molecule has 0 aliphatic carbocycles. The highest BCUT2D eigenvalue weighted by molar-refractivity contribution is 6.31. The van der Waals surface area contributed by atoms with Crippen LogP contribution in [0.3, 0.4) is 0 Å². The minimum atomic E-state index is -0.167. The molecule has 1 atom stereocenters. The average molecular weight is 253 g/mol. The Bertz CT molecular complexity index is 439. The van der Waals surface area contributed by atoms with Gasteiger partial charge in [-0.15, -0.1) is 0 Å². The number of rotatable bonds is 1. The molecule has 1 aliphatic heterocycles. The van der Waals surface area contributed by atoms with Crippen molar-refractivity contribution in [3.05, 3.63) is 34.9 Å². The summed E-state index contributed by atoms with van der Waals surface area (Å²) in [5.41, 5.74) is 0.814. The van der Waals surface area contributed by atoms with Gasteiger partial charge in [0.2, 0.25) is 0 Å². The van der Waals surface area contributed by atoms with Crippen LogP contribution in [-0.2, 0) is 0 Å². The van der Waals surface area contributed by atoms with Crippen LogP contribution in [0.25, 0.3) is 0 Å². The second kappa shape index (κ2) is 4.22. The summed E-state index contributed by atoms with van der Waals surface area (Å²) in [4.78, 5) is 13.7. The maximum atomic E-state index is 11.9. The molecule has 1 heterocycles. The van der Waals surface area contributed by atoms with E-state index in [2.05, 4.69) is 5.32 Å². The Morgan fingerprint density at radius 1 is 1.35 bits per heavy atom. The Kier molecular flexibility index (Phi) is 3.04. The molecule has 3 nitrogen and oxygen atoms in total. The van der Waals surface area contributed by atoms with Crippen LogP contribution in [0.5, 0.6) is 0 Å². The number of carbonyl (C=O) groups is 1. The largest absolute Gasteiger partial charge is 0.329 e. The van der Waals surface area contributed by atoms with Crippen LogP contribution in [0.1, 0.15) is 32.4 Å². The molecule has 0 spiro atoms. The molecule has 1 aromatic rings. The average Bonchev–Trinajstić information content (AvgIpc) is 2.60. The van der Waals surface area contributed by atoms with Gasteiger partial charge in [-0.05, 0) is 32.4 Å². The molecule has 1 saturated heterocycles. The van der Waals surface area contributed by atoms with Gasteiger partial charge in [0.05, 0.1) is 6.04 Å². The summed E-state index contributed by atoms with van der Waals surface area (Å²) >= 11 is 6.14. The number of nitrogens with one attached hydrogen (secondary N) is 1. The number of benzene rings is 1.